The Morgan fingerprint density at radius 2 is 2.11 bits per heavy atom. The molecule has 0 saturated carbocycles. The minimum absolute atomic E-state index is 0.0416. The largest absolute Gasteiger partial charge is 0.365 e. The van der Waals surface area contributed by atoms with Gasteiger partial charge in [-0.3, -0.25) is 4.79 Å². The van der Waals surface area contributed by atoms with Gasteiger partial charge in [0.2, 0.25) is 0 Å². The standard InChI is InChI=1S/C15H22N2O2/c1-10-8-9-14(19-10)15(18)17-13-7-5-4-6-12(13)11(2)16-3/h4-7,10-11,14,16H,8-9H2,1-3H3,(H,17,18). The van der Waals surface area contributed by atoms with Gasteiger partial charge in [0.1, 0.15) is 6.10 Å². The number of para-hydroxylation sites is 1. The summed E-state index contributed by atoms with van der Waals surface area (Å²) in [6.45, 7) is 4.07. The Morgan fingerprint density at radius 1 is 1.37 bits per heavy atom. The lowest BCUT2D eigenvalue weighted by atomic mass is 10.1. The van der Waals surface area contributed by atoms with Crippen LogP contribution in [-0.4, -0.2) is 25.2 Å². The molecule has 1 aromatic carbocycles. The quantitative estimate of drug-likeness (QED) is 0.876. The lowest BCUT2D eigenvalue weighted by molar-refractivity contribution is -0.126. The number of nitrogens with one attached hydrogen (secondary N) is 2. The van der Waals surface area contributed by atoms with Crippen LogP contribution < -0.4 is 10.6 Å². The average molecular weight is 262 g/mol. The zero-order valence-corrected chi connectivity index (χ0v) is 11.8. The molecule has 1 aromatic rings. The fraction of sp³-hybridized carbons (Fsp3) is 0.533. The lowest BCUT2D eigenvalue weighted by Crippen LogP contribution is -2.28. The zero-order chi connectivity index (χ0) is 13.8. The van der Waals surface area contributed by atoms with Crippen molar-refractivity contribution in [2.24, 2.45) is 0 Å². The number of rotatable bonds is 4. The van der Waals surface area contributed by atoms with E-state index in [-0.39, 0.29) is 24.2 Å². The van der Waals surface area contributed by atoms with Crippen LogP contribution in [0.15, 0.2) is 24.3 Å². The highest BCUT2D eigenvalue weighted by molar-refractivity contribution is 5.95. The second-order valence-corrected chi connectivity index (χ2v) is 5.10. The van der Waals surface area contributed by atoms with Gasteiger partial charge in [0.05, 0.1) is 6.10 Å². The van der Waals surface area contributed by atoms with E-state index in [0.29, 0.717) is 0 Å². The monoisotopic (exact) mass is 262 g/mol. The zero-order valence-electron chi connectivity index (χ0n) is 11.8. The molecule has 3 unspecified atom stereocenters. The maximum absolute atomic E-state index is 12.2. The van der Waals surface area contributed by atoms with Crippen LogP contribution in [0, 0.1) is 0 Å². The van der Waals surface area contributed by atoms with Gasteiger partial charge in [-0.25, -0.2) is 0 Å². The first-order valence-electron chi connectivity index (χ1n) is 6.84. The van der Waals surface area contributed by atoms with Gasteiger partial charge < -0.3 is 15.4 Å². The Hall–Kier alpha value is -1.39. The summed E-state index contributed by atoms with van der Waals surface area (Å²) in [5.74, 6) is -0.0416. The first kappa shape index (κ1) is 14.0. The van der Waals surface area contributed by atoms with Crippen molar-refractivity contribution < 1.29 is 9.53 Å². The maximum Gasteiger partial charge on any atom is 0.253 e. The number of hydrogen-bond acceptors (Lipinski definition) is 3. The molecule has 19 heavy (non-hydrogen) atoms. The number of carbonyl (C=O) groups is 1. The van der Waals surface area contributed by atoms with Crippen molar-refractivity contribution in [2.75, 3.05) is 12.4 Å². The van der Waals surface area contributed by atoms with Crippen LogP contribution in [0.25, 0.3) is 0 Å². The normalized spacial score (nSPS) is 24.2. The molecule has 2 rings (SSSR count). The number of hydrogen-bond donors (Lipinski definition) is 2. The molecule has 1 amide bonds. The van der Waals surface area contributed by atoms with Crippen molar-refractivity contribution in [1.29, 1.82) is 0 Å². The Morgan fingerprint density at radius 3 is 2.74 bits per heavy atom. The van der Waals surface area contributed by atoms with Gasteiger partial charge in [-0.1, -0.05) is 18.2 Å². The lowest BCUT2D eigenvalue weighted by Gasteiger charge is -2.18. The third-order valence-corrected chi connectivity index (χ3v) is 3.64. The van der Waals surface area contributed by atoms with Crippen LogP contribution >= 0.6 is 0 Å². The second-order valence-electron chi connectivity index (χ2n) is 5.10. The molecular weight excluding hydrogens is 240 g/mol. The van der Waals surface area contributed by atoms with Gasteiger partial charge in [0.15, 0.2) is 0 Å². The van der Waals surface area contributed by atoms with E-state index in [2.05, 4.69) is 17.6 Å². The average Bonchev–Trinajstić information content (AvgIpc) is 2.85. The molecule has 1 heterocycles. The van der Waals surface area contributed by atoms with E-state index in [1.165, 1.54) is 0 Å². The van der Waals surface area contributed by atoms with Crippen molar-refractivity contribution in [3.05, 3.63) is 29.8 Å². The van der Waals surface area contributed by atoms with E-state index in [0.717, 1.165) is 24.1 Å². The summed E-state index contributed by atoms with van der Waals surface area (Å²) >= 11 is 0. The highest BCUT2D eigenvalue weighted by atomic mass is 16.5. The van der Waals surface area contributed by atoms with Crippen LogP contribution in [0.5, 0.6) is 0 Å². The van der Waals surface area contributed by atoms with E-state index < -0.39 is 0 Å². The molecule has 2 N–H and O–H groups in total. The fourth-order valence-electron chi connectivity index (χ4n) is 2.35. The van der Waals surface area contributed by atoms with Crippen molar-refractivity contribution >= 4 is 11.6 Å². The van der Waals surface area contributed by atoms with Crippen LogP contribution in [0.4, 0.5) is 5.69 Å². The molecule has 0 radical (unpaired) electrons. The first-order chi connectivity index (χ1) is 9.11. The van der Waals surface area contributed by atoms with Crippen LogP contribution in [0.3, 0.4) is 0 Å². The molecule has 0 spiro atoms. The third-order valence-electron chi connectivity index (χ3n) is 3.64. The van der Waals surface area contributed by atoms with E-state index >= 15 is 0 Å². The van der Waals surface area contributed by atoms with E-state index in [1.54, 1.807) is 0 Å². The van der Waals surface area contributed by atoms with Gasteiger partial charge in [-0.15, -0.1) is 0 Å². The van der Waals surface area contributed by atoms with Crippen molar-refractivity contribution in [1.82, 2.24) is 5.32 Å². The minimum Gasteiger partial charge on any atom is -0.365 e. The highest BCUT2D eigenvalue weighted by Gasteiger charge is 2.28. The van der Waals surface area contributed by atoms with Gasteiger partial charge in [-0.05, 0) is 45.4 Å². The molecule has 1 aliphatic rings. The number of carbonyl (C=O) groups excluding carboxylic acids is 1. The molecule has 1 fully saturated rings. The molecule has 1 saturated heterocycles. The summed E-state index contributed by atoms with van der Waals surface area (Å²) in [6.07, 6.45) is 1.62. The molecule has 1 aliphatic heterocycles. The molecule has 3 atom stereocenters. The predicted molar refractivity (Wildman–Crippen MR) is 76.1 cm³/mol. The number of anilines is 1. The second kappa shape index (κ2) is 6.17. The summed E-state index contributed by atoms with van der Waals surface area (Å²) in [4.78, 5) is 12.2. The fourth-order valence-corrected chi connectivity index (χ4v) is 2.35. The minimum atomic E-state index is -0.312. The van der Waals surface area contributed by atoms with Crippen LogP contribution in [0.1, 0.15) is 38.3 Å². The predicted octanol–water partition coefficient (Wildman–Crippen LogP) is 2.47. The molecule has 104 valence electrons. The Balaban J connectivity index is 2.08. The molecule has 0 bridgehead atoms. The Kier molecular flexibility index (Phi) is 4.56. The molecule has 4 nitrogen and oxygen atoms in total. The smallest absolute Gasteiger partial charge is 0.253 e. The summed E-state index contributed by atoms with van der Waals surface area (Å²) < 4.78 is 5.59. The topological polar surface area (TPSA) is 50.4 Å². The number of amides is 1. The Labute approximate surface area is 114 Å². The van der Waals surface area contributed by atoms with Crippen molar-refractivity contribution in [3.63, 3.8) is 0 Å². The van der Waals surface area contributed by atoms with Crippen molar-refractivity contribution in [3.8, 4) is 0 Å². The number of benzene rings is 1. The highest BCUT2D eigenvalue weighted by Crippen LogP contribution is 2.24. The first-order valence-corrected chi connectivity index (χ1v) is 6.84. The molecule has 0 aromatic heterocycles. The van der Waals surface area contributed by atoms with E-state index in [9.17, 15) is 4.79 Å². The van der Waals surface area contributed by atoms with E-state index in [1.807, 2.05) is 38.2 Å². The van der Waals surface area contributed by atoms with E-state index in [4.69, 9.17) is 4.74 Å². The van der Waals surface area contributed by atoms with Crippen LogP contribution in [0.2, 0.25) is 0 Å². The summed E-state index contributed by atoms with van der Waals surface area (Å²) in [6, 6.07) is 8.06. The maximum atomic E-state index is 12.2. The molecular formula is C15H22N2O2. The number of ether oxygens (including phenoxy) is 1. The van der Waals surface area contributed by atoms with Gasteiger partial charge in [0.25, 0.3) is 5.91 Å². The third kappa shape index (κ3) is 3.33. The van der Waals surface area contributed by atoms with Gasteiger partial charge >= 0.3 is 0 Å². The molecule has 4 heteroatoms. The van der Waals surface area contributed by atoms with Crippen molar-refractivity contribution in [2.45, 2.75) is 44.9 Å². The molecule has 0 aliphatic carbocycles. The Bertz CT molecular complexity index is 448. The summed E-state index contributed by atoms with van der Waals surface area (Å²) in [7, 11) is 1.91. The van der Waals surface area contributed by atoms with Gasteiger partial charge in [-0.2, -0.15) is 0 Å². The SMILES string of the molecule is CNC(C)c1ccccc1NC(=O)C1CCC(C)O1. The van der Waals surface area contributed by atoms with Gasteiger partial charge in [0, 0.05) is 11.7 Å². The summed E-state index contributed by atoms with van der Waals surface area (Å²) in [5.41, 5.74) is 1.95. The summed E-state index contributed by atoms with van der Waals surface area (Å²) in [5, 5.41) is 6.17. The van der Waals surface area contributed by atoms with Crippen LogP contribution in [-0.2, 0) is 9.53 Å².